The molecule has 133 heavy (non-hydrogen) atoms. The number of carbonyl (C=O) groups excluding carboxylic acids is 13. The first-order chi connectivity index (χ1) is 62.7. The number of hydrogen-bond donors (Lipinski definition) is 9. The smallest absolute Gasteiger partial charge is 0.329 e. The molecule has 5 heterocycles. The van der Waals surface area contributed by atoms with E-state index in [1.54, 1.807) is 104 Å². The number of methoxy groups -OCH3 is 2. The normalized spacial score (nSPS) is 26.9. The number of hydrogen-bond acceptors (Lipinski definition) is 25. The summed E-state index contributed by atoms with van der Waals surface area (Å²) in [7, 11) is 11.6. The summed E-state index contributed by atoms with van der Waals surface area (Å²) in [6, 6.07) is 2.25. The van der Waals surface area contributed by atoms with E-state index in [0.717, 1.165) is 19.6 Å². The average molecular weight is 1880 g/mol. The third kappa shape index (κ3) is 36.2. The van der Waals surface area contributed by atoms with Crippen LogP contribution in [0.2, 0.25) is 0 Å². The molecule has 0 bridgehead atoms. The Morgan fingerprint density at radius 1 is 0.511 bits per heavy atom. The highest BCUT2D eigenvalue weighted by Gasteiger charge is 2.48. The van der Waals surface area contributed by atoms with E-state index in [0.29, 0.717) is 80.0 Å². The Labute approximate surface area is 791 Å². The van der Waals surface area contributed by atoms with Crippen LogP contribution in [0.1, 0.15) is 239 Å². The standard InChI is InChI=1S/C47H78N6O10.C46H74N6O11.C4H8O.C2H6/c1-14-30(8)40-38(54)25-39(55)63-42(29(6)7)44(57)49-35(23-28(4)5)45(58)53-21-15-16-36(53)46(59)52(12)37(24-32-17-19-34(61-13)20-18-32)47(60)62-31(9)41(43(56)50-40)48-26-33(51(10)11)22-27(2)3;1-13-28(8)38-36(53)24-37(54)63-40(27(6)7)43(57)48-33(22-26(4)5)44(58)52-20-14-15-34(52)45(59)51(11)35(23-30-16-18-31(61-12)19-17-30)46(60)62-29(9)39(42(56)49-38)50-41(55)32(47-10)21-25(2)3;1-2-4-5-3-1;1-2/h17-20,27-31,33,35-38,40-42,48,54H,14-16,21-26H2,1-13H3,(H,49,57)(H,50,56);16-19,25-29,32-36,38-40,47,53H,13-15,20-24H2,1-12H3,(H,48,57)(H,49,56)(H,50,55);1-4H2;1-2H3/t30-,31+,33+,35-,36-,37-,38-,40+,41-,42-;28-,29+,32+,33-,34-,35-,36-,38+,39-,40-;;/m00../s1. The molecule has 5 aliphatic rings. The molecule has 0 unspecified atom stereocenters. The lowest BCUT2D eigenvalue weighted by molar-refractivity contribution is -0.162. The molecule has 2 aromatic rings. The quantitative estimate of drug-likeness (QED) is 0.0306. The van der Waals surface area contributed by atoms with Crippen molar-refractivity contribution in [2.24, 2.45) is 47.3 Å². The fourth-order valence-corrected chi connectivity index (χ4v) is 17.0. The van der Waals surface area contributed by atoms with Gasteiger partial charge in [0.1, 0.15) is 72.0 Å². The van der Waals surface area contributed by atoms with Gasteiger partial charge in [-0.15, -0.1) is 0 Å². The predicted octanol–water partition coefficient (Wildman–Crippen LogP) is 7.64. The lowest BCUT2D eigenvalue weighted by Crippen LogP contribution is -2.61. The van der Waals surface area contributed by atoms with E-state index in [9.17, 15) is 72.5 Å². The van der Waals surface area contributed by atoms with Crippen LogP contribution < -0.4 is 46.7 Å². The fraction of sp³-hybridized carbons (Fsp3) is 0.747. The molecule has 20 atom stereocenters. The maximum atomic E-state index is 14.6. The van der Waals surface area contributed by atoms with Gasteiger partial charge in [-0.05, 0) is 182 Å². The largest absolute Gasteiger partial charge is 0.497 e. The Morgan fingerprint density at radius 3 is 1.21 bits per heavy atom. The zero-order valence-corrected chi connectivity index (χ0v) is 84.8. The number of benzene rings is 2. The molecule has 5 saturated heterocycles. The van der Waals surface area contributed by atoms with E-state index in [1.807, 2.05) is 90.3 Å². The minimum absolute atomic E-state index is 0.00597. The molecule has 0 spiro atoms. The predicted molar refractivity (Wildman–Crippen MR) is 508 cm³/mol. The summed E-state index contributed by atoms with van der Waals surface area (Å²) >= 11 is 0. The van der Waals surface area contributed by atoms with Crippen LogP contribution in [-0.2, 0) is 98.9 Å². The van der Waals surface area contributed by atoms with Gasteiger partial charge in [0.15, 0.2) is 12.2 Å². The van der Waals surface area contributed by atoms with Gasteiger partial charge in [-0.25, -0.2) is 9.59 Å². The van der Waals surface area contributed by atoms with Gasteiger partial charge in [0.2, 0.25) is 41.4 Å². The molecule has 0 radical (unpaired) electrons. The number of aliphatic hydroxyl groups is 2. The number of cyclic esters (lactones) is 4. The Kier molecular flexibility index (Phi) is 50.4. The van der Waals surface area contributed by atoms with Gasteiger partial charge in [0.05, 0.1) is 57.4 Å². The van der Waals surface area contributed by atoms with Crippen molar-refractivity contribution in [3.05, 3.63) is 59.7 Å². The van der Waals surface area contributed by atoms with E-state index in [-0.39, 0.29) is 68.5 Å². The highest BCUT2D eigenvalue weighted by molar-refractivity contribution is 5.97. The van der Waals surface area contributed by atoms with Crippen molar-refractivity contribution in [3.63, 3.8) is 0 Å². The van der Waals surface area contributed by atoms with Crippen molar-refractivity contribution in [1.29, 1.82) is 0 Å². The minimum Gasteiger partial charge on any atom is -0.497 e. The first-order valence-corrected chi connectivity index (χ1v) is 48.5. The zero-order chi connectivity index (χ0) is 100. The second-order valence-electron chi connectivity index (χ2n) is 38.7. The summed E-state index contributed by atoms with van der Waals surface area (Å²) in [6.45, 7) is 39.8. The number of rotatable bonds is 27. The summed E-state index contributed by atoms with van der Waals surface area (Å²) in [5, 5.41) is 43.7. The van der Waals surface area contributed by atoms with Crippen molar-refractivity contribution < 1.29 is 106 Å². The number of esters is 4. The summed E-state index contributed by atoms with van der Waals surface area (Å²) in [5.41, 5.74) is 1.37. The van der Waals surface area contributed by atoms with Crippen LogP contribution in [0.25, 0.3) is 0 Å². The molecule has 9 amide bonds. The van der Waals surface area contributed by atoms with Gasteiger partial charge in [-0.3, -0.25) is 52.7 Å². The summed E-state index contributed by atoms with van der Waals surface area (Å²) < 4.78 is 39.3. The lowest BCUT2D eigenvalue weighted by Gasteiger charge is -2.35. The maximum Gasteiger partial charge on any atom is 0.329 e. The monoisotopic (exact) mass is 1880 g/mol. The molecule has 5 fully saturated rings. The molecule has 34 nitrogen and oxygen atoms in total. The topological polar surface area (TPSA) is 427 Å². The fourth-order valence-electron chi connectivity index (χ4n) is 17.0. The van der Waals surface area contributed by atoms with Gasteiger partial charge in [0, 0.05) is 65.8 Å². The van der Waals surface area contributed by atoms with Crippen LogP contribution in [0.15, 0.2) is 48.5 Å². The number of fused-ring (bicyclic) bond motifs is 2. The Hall–Kier alpha value is -9.09. The van der Waals surface area contributed by atoms with Crippen LogP contribution in [0.4, 0.5) is 0 Å². The Balaban J connectivity index is 0.000000518. The molecule has 7 rings (SSSR count). The molecule has 9 N–H and O–H groups in total. The Morgan fingerprint density at radius 2 is 0.887 bits per heavy atom. The first-order valence-electron chi connectivity index (χ1n) is 48.5. The van der Waals surface area contributed by atoms with Crippen LogP contribution in [-0.4, -0.2) is 303 Å². The maximum absolute atomic E-state index is 14.6. The zero-order valence-electron chi connectivity index (χ0n) is 84.8. The van der Waals surface area contributed by atoms with Crippen molar-refractivity contribution in [2.45, 2.75) is 350 Å². The van der Waals surface area contributed by atoms with Gasteiger partial charge in [0.25, 0.3) is 11.8 Å². The van der Waals surface area contributed by atoms with Crippen molar-refractivity contribution in [2.75, 3.05) is 82.3 Å². The molecule has 2 aromatic carbocycles. The number of nitrogens with zero attached hydrogens (tertiary/aromatic N) is 5. The van der Waals surface area contributed by atoms with Crippen molar-refractivity contribution in [1.82, 2.24) is 61.7 Å². The van der Waals surface area contributed by atoms with Gasteiger partial charge in [-0.2, -0.15) is 0 Å². The van der Waals surface area contributed by atoms with Gasteiger partial charge in [-0.1, -0.05) is 162 Å². The average Bonchev–Trinajstić information content (AvgIpc) is 1.73. The van der Waals surface area contributed by atoms with E-state index >= 15 is 0 Å². The summed E-state index contributed by atoms with van der Waals surface area (Å²) in [6.07, 6.45) is -2.18. The molecule has 0 aliphatic carbocycles. The summed E-state index contributed by atoms with van der Waals surface area (Å²) in [5.74, 6) is -8.86. The van der Waals surface area contributed by atoms with E-state index < -0.39 is 211 Å². The number of likely N-dealkylation sites (N-methyl/N-ethyl adjacent to an activating group) is 4. The number of nitrogens with one attached hydrogen (secondary N) is 7. The van der Waals surface area contributed by atoms with Crippen LogP contribution in [0.3, 0.4) is 0 Å². The molecule has 754 valence electrons. The number of ether oxygens (including phenoxy) is 7. The number of amides is 9. The van der Waals surface area contributed by atoms with Crippen LogP contribution >= 0.6 is 0 Å². The highest BCUT2D eigenvalue weighted by Crippen LogP contribution is 2.30. The van der Waals surface area contributed by atoms with Gasteiger partial charge < -0.3 is 105 Å². The first kappa shape index (κ1) is 116. The van der Waals surface area contributed by atoms with E-state index in [1.165, 1.54) is 60.6 Å². The van der Waals surface area contributed by atoms with E-state index in [4.69, 9.17) is 33.2 Å². The summed E-state index contributed by atoms with van der Waals surface area (Å²) in [4.78, 5) is 193. The molecule has 5 aliphatic heterocycles. The van der Waals surface area contributed by atoms with Crippen LogP contribution in [0, 0.1) is 47.3 Å². The third-order valence-electron chi connectivity index (χ3n) is 25.2. The van der Waals surface area contributed by atoms with Gasteiger partial charge >= 0.3 is 23.9 Å². The second kappa shape index (κ2) is 57.7. The second-order valence-corrected chi connectivity index (χ2v) is 38.7. The SMILES string of the molecule is C1CCOC1.CC.CC[C@H](C)[C@H]1NC(=O)[C@@H](NC(=O)[C@@H](CC(C)C)NC)[C@@H](C)OC(=O)[C@H](Cc2ccc(OC)cc2)N(C)C(=O)[C@@H]2CCCN2C(=O)[C@H](CC(C)C)NC(=O)[C@H](C(C)C)OC(=O)C[C@@H]1O.CC[C@H](C)[C@H]1NC(=O)[C@@H](NC[C@@H](CC(C)C)N(C)C)[C@@H](C)OC(=O)[C@H](Cc2ccc(OC)cc2)N(C)C(=O)[C@@H]2CCCN2C(=O)[C@H](CC(C)C)NC(=O)[C@H](C(C)C)OC(=O)C[C@@H]1O. The van der Waals surface area contributed by atoms with Crippen molar-refractivity contribution >= 4 is 77.0 Å². The lowest BCUT2D eigenvalue weighted by atomic mass is 9.92. The molecule has 0 saturated carbocycles. The molecule has 34 heteroatoms. The number of carbonyl (C=O) groups is 13. The van der Waals surface area contributed by atoms with Crippen molar-refractivity contribution in [3.8, 4) is 11.5 Å². The third-order valence-corrected chi connectivity index (χ3v) is 25.2. The molecular weight excluding hydrogens is 1710 g/mol. The highest BCUT2D eigenvalue weighted by atomic mass is 16.6. The molecule has 0 aromatic heterocycles. The van der Waals surface area contributed by atoms with E-state index in [2.05, 4.69) is 56.0 Å². The van der Waals surface area contributed by atoms with Crippen LogP contribution in [0.5, 0.6) is 11.5 Å². The minimum atomic E-state index is -1.50. The number of aliphatic hydroxyl groups excluding tert-OH is 2. The Bertz CT molecular complexity index is 3970. The molecular formula is C99H166N12O22.